The van der Waals surface area contributed by atoms with E-state index < -0.39 is 16.0 Å². The van der Waals surface area contributed by atoms with Gasteiger partial charge in [0, 0.05) is 23.2 Å². The number of thiophene rings is 1. The summed E-state index contributed by atoms with van der Waals surface area (Å²) in [6, 6.07) is 6.72. The topological polar surface area (TPSA) is 96.6 Å². The molecule has 0 saturated heterocycles. The van der Waals surface area contributed by atoms with Crippen LogP contribution in [0.15, 0.2) is 39.0 Å². The standard InChI is InChI=1S/C19H21NO5S2/c1-12-8-10-26-18(12)7-9-20-27(23,24)14-3-4-17-15(11-14)13(2)16(25-17)5-6-19(21)22/h3-4,8,10-11,20H,5-7,9H2,1-2H3,(H,21,22). The third-order valence-corrected chi connectivity index (χ3v) is 7.04. The van der Waals surface area contributed by atoms with Gasteiger partial charge in [0.1, 0.15) is 11.3 Å². The second-order valence-corrected chi connectivity index (χ2v) is 9.14. The van der Waals surface area contributed by atoms with E-state index in [4.69, 9.17) is 9.52 Å². The van der Waals surface area contributed by atoms with Crippen LogP contribution >= 0.6 is 11.3 Å². The molecule has 8 heteroatoms. The molecule has 0 atom stereocenters. The van der Waals surface area contributed by atoms with Crippen LogP contribution in [0.5, 0.6) is 0 Å². The van der Waals surface area contributed by atoms with Crippen LogP contribution in [0.4, 0.5) is 0 Å². The zero-order valence-electron chi connectivity index (χ0n) is 15.1. The number of hydrogen-bond donors (Lipinski definition) is 2. The number of benzene rings is 1. The molecule has 2 N–H and O–H groups in total. The van der Waals surface area contributed by atoms with Crippen LogP contribution in [-0.4, -0.2) is 26.0 Å². The Labute approximate surface area is 161 Å². The van der Waals surface area contributed by atoms with E-state index in [0.717, 1.165) is 5.56 Å². The number of aryl methyl sites for hydroxylation is 3. The second-order valence-electron chi connectivity index (χ2n) is 6.38. The lowest BCUT2D eigenvalue weighted by Crippen LogP contribution is -2.25. The molecule has 3 rings (SSSR count). The minimum atomic E-state index is -3.63. The molecule has 0 unspecified atom stereocenters. The number of carboxylic acids is 1. The number of carboxylic acid groups (broad SMARTS) is 1. The van der Waals surface area contributed by atoms with Crippen LogP contribution < -0.4 is 4.72 Å². The van der Waals surface area contributed by atoms with Crippen LogP contribution in [0.2, 0.25) is 0 Å². The number of nitrogens with one attached hydrogen (secondary N) is 1. The summed E-state index contributed by atoms with van der Waals surface area (Å²) in [7, 11) is -3.63. The van der Waals surface area contributed by atoms with E-state index in [9.17, 15) is 13.2 Å². The fraction of sp³-hybridized carbons (Fsp3) is 0.316. The quantitative estimate of drug-likeness (QED) is 0.594. The minimum absolute atomic E-state index is 0.0322. The number of aliphatic carboxylic acids is 1. The average Bonchev–Trinajstić information content (AvgIpc) is 3.16. The Hall–Kier alpha value is -2.16. The Morgan fingerprint density at radius 1 is 1.22 bits per heavy atom. The van der Waals surface area contributed by atoms with E-state index >= 15 is 0 Å². The summed E-state index contributed by atoms with van der Waals surface area (Å²) in [5.74, 6) is -0.327. The normalized spacial score (nSPS) is 11.9. The van der Waals surface area contributed by atoms with E-state index in [1.165, 1.54) is 16.5 Å². The summed E-state index contributed by atoms with van der Waals surface area (Å²) in [6.45, 7) is 4.15. The zero-order valence-corrected chi connectivity index (χ0v) is 16.7. The molecule has 1 aromatic carbocycles. The predicted octanol–water partition coefficient (Wildman–Crippen LogP) is 3.65. The molecule has 0 bridgehead atoms. The first-order valence-electron chi connectivity index (χ1n) is 8.54. The van der Waals surface area contributed by atoms with Crippen LogP contribution in [0.1, 0.15) is 28.2 Å². The van der Waals surface area contributed by atoms with Crippen LogP contribution in [0.25, 0.3) is 11.0 Å². The summed E-state index contributed by atoms with van der Waals surface area (Å²) in [4.78, 5) is 12.1. The van der Waals surface area contributed by atoms with E-state index in [0.29, 0.717) is 29.7 Å². The average molecular weight is 408 g/mol. The number of rotatable bonds is 8. The van der Waals surface area contributed by atoms with Gasteiger partial charge in [-0.25, -0.2) is 13.1 Å². The van der Waals surface area contributed by atoms with E-state index in [2.05, 4.69) is 4.72 Å². The van der Waals surface area contributed by atoms with Crippen LogP contribution in [0.3, 0.4) is 0 Å². The lowest BCUT2D eigenvalue weighted by Gasteiger charge is -2.07. The monoisotopic (exact) mass is 407 g/mol. The van der Waals surface area contributed by atoms with Crippen molar-refractivity contribution in [1.29, 1.82) is 0 Å². The molecule has 6 nitrogen and oxygen atoms in total. The van der Waals surface area contributed by atoms with Crippen molar-refractivity contribution < 1.29 is 22.7 Å². The fourth-order valence-electron chi connectivity index (χ4n) is 2.92. The molecular formula is C19H21NO5S2. The Kier molecular flexibility index (Phi) is 5.69. The summed E-state index contributed by atoms with van der Waals surface area (Å²) in [5.41, 5.74) is 2.50. The molecule has 3 aromatic rings. The van der Waals surface area contributed by atoms with Gasteiger partial charge in [0.25, 0.3) is 0 Å². The molecule has 0 aliphatic carbocycles. The van der Waals surface area contributed by atoms with Gasteiger partial charge in [-0.15, -0.1) is 11.3 Å². The van der Waals surface area contributed by atoms with Crippen LogP contribution in [0, 0.1) is 13.8 Å². The van der Waals surface area contributed by atoms with E-state index in [1.807, 2.05) is 25.3 Å². The van der Waals surface area contributed by atoms with Crippen LogP contribution in [-0.2, 0) is 27.7 Å². The maximum absolute atomic E-state index is 12.6. The lowest BCUT2D eigenvalue weighted by atomic mass is 10.1. The highest BCUT2D eigenvalue weighted by Gasteiger charge is 2.18. The highest BCUT2D eigenvalue weighted by atomic mass is 32.2. The third-order valence-electron chi connectivity index (χ3n) is 4.49. The molecule has 0 saturated carbocycles. The predicted molar refractivity (Wildman–Crippen MR) is 105 cm³/mol. The Morgan fingerprint density at radius 3 is 2.67 bits per heavy atom. The van der Waals surface area contributed by atoms with Crippen molar-refractivity contribution >= 4 is 38.3 Å². The van der Waals surface area contributed by atoms with Gasteiger partial charge in [-0.05, 0) is 61.0 Å². The number of sulfonamides is 1. The first kappa shape index (κ1) is 19.6. The minimum Gasteiger partial charge on any atom is -0.481 e. The molecule has 0 amide bonds. The molecule has 0 aliphatic heterocycles. The number of fused-ring (bicyclic) bond motifs is 1. The van der Waals surface area contributed by atoms with Crippen molar-refractivity contribution in [2.75, 3.05) is 6.54 Å². The highest BCUT2D eigenvalue weighted by Crippen LogP contribution is 2.28. The van der Waals surface area contributed by atoms with Crippen molar-refractivity contribution in [3.05, 3.63) is 51.4 Å². The largest absolute Gasteiger partial charge is 0.481 e. The summed E-state index contributed by atoms with van der Waals surface area (Å²) < 4.78 is 33.5. The van der Waals surface area contributed by atoms with Crippen molar-refractivity contribution in [1.82, 2.24) is 4.72 Å². The summed E-state index contributed by atoms with van der Waals surface area (Å²) in [5, 5.41) is 11.5. The van der Waals surface area contributed by atoms with Gasteiger partial charge < -0.3 is 9.52 Å². The maximum atomic E-state index is 12.6. The van der Waals surface area contributed by atoms with Gasteiger partial charge in [-0.3, -0.25) is 4.79 Å². The maximum Gasteiger partial charge on any atom is 0.303 e. The van der Waals surface area contributed by atoms with Gasteiger partial charge in [-0.2, -0.15) is 0 Å². The van der Waals surface area contributed by atoms with Gasteiger partial charge in [0.2, 0.25) is 10.0 Å². The molecule has 0 radical (unpaired) electrons. The Bertz CT molecular complexity index is 1080. The molecule has 2 heterocycles. The Morgan fingerprint density at radius 2 is 2.00 bits per heavy atom. The van der Waals surface area contributed by atoms with Gasteiger partial charge in [0.05, 0.1) is 11.3 Å². The molecular weight excluding hydrogens is 386 g/mol. The third kappa shape index (κ3) is 4.40. The number of carbonyl (C=O) groups is 1. The SMILES string of the molecule is Cc1ccsc1CCNS(=O)(=O)c1ccc2oc(CCC(=O)O)c(C)c2c1. The van der Waals surface area contributed by atoms with Gasteiger partial charge in [-0.1, -0.05) is 0 Å². The van der Waals surface area contributed by atoms with Crippen molar-refractivity contribution in [2.45, 2.75) is 38.0 Å². The summed E-state index contributed by atoms with van der Waals surface area (Å²) >= 11 is 1.62. The van der Waals surface area contributed by atoms with E-state index in [-0.39, 0.29) is 17.7 Å². The number of furan rings is 1. The summed E-state index contributed by atoms with van der Waals surface area (Å²) in [6.07, 6.45) is 0.890. The fourth-order valence-corrected chi connectivity index (χ4v) is 4.89. The van der Waals surface area contributed by atoms with Crippen molar-refractivity contribution in [3.8, 4) is 0 Å². The first-order chi connectivity index (χ1) is 12.8. The van der Waals surface area contributed by atoms with Gasteiger partial charge >= 0.3 is 5.97 Å². The Balaban J connectivity index is 1.77. The van der Waals surface area contributed by atoms with E-state index in [1.54, 1.807) is 23.5 Å². The lowest BCUT2D eigenvalue weighted by molar-refractivity contribution is -0.137. The molecule has 144 valence electrons. The first-order valence-corrected chi connectivity index (χ1v) is 10.9. The van der Waals surface area contributed by atoms with Crippen molar-refractivity contribution in [2.24, 2.45) is 0 Å². The molecule has 0 fully saturated rings. The molecule has 0 spiro atoms. The molecule has 27 heavy (non-hydrogen) atoms. The molecule has 2 aromatic heterocycles. The second kappa shape index (κ2) is 7.84. The number of hydrogen-bond acceptors (Lipinski definition) is 5. The van der Waals surface area contributed by atoms with Crippen molar-refractivity contribution in [3.63, 3.8) is 0 Å². The smallest absolute Gasteiger partial charge is 0.303 e. The molecule has 0 aliphatic rings. The highest BCUT2D eigenvalue weighted by molar-refractivity contribution is 7.89. The zero-order chi connectivity index (χ0) is 19.6. The van der Waals surface area contributed by atoms with Gasteiger partial charge in [0.15, 0.2) is 0 Å².